The van der Waals surface area contributed by atoms with E-state index in [0.29, 0.717) is 36.6 Å². The number of nitrogens with one attached hydrogen (secondary N) is 1. The molecule has 0 aromatic heterocycles. The van der Waals surface area contributed by atoms with Crippen molar-refractivity contribution in [3.63, 3.8) is 0 Å². The van der Waals surface area contributed by atoms with Crippen LogP contribution in [0.2, 0.25) is 0 Å². The van der Waals surface area contributed by atoms with Gasteiger partial charge in [0, 0.05) is 33.6 Å². The van der Waals surface area contributed by atoms with E-state index in [1.807, 2.05) is 0 Å². The number of rotatable bonds is 12. The lowest BCUT2D eigenvalue weighted by molar-refractivity contribution is -0.121. The van der Waals surface area contributed by atoms with Crippen LogP contribution in [0.1, 0.15) is 24.8 Å². The van der Waals surface area contributed by atoms with E-state index in [-0.39, 0.29) is 35.3 Å². The van der Waals surface area contributed by atoms with E-state index in [2.05, 4.69) is 5.32 Å². The smallest absolute Gasteiger partial charge is 0.243 e. The van der Waals surface area contributed by atoms with Gasteiger partial charge in [0.05, 0.1) is 23.4 Å². The summed E-state index contributed by atoms with van der Waals surface area (Å²) in [5.41, 5.74) is 0.621. The van der Waals surface area contributed by atoms with E-state index in [1.165, 1.54) is 49.8 Å². The minimum atomic E-state index is -3.60. The quantitative estimate of drug-likeness (QED) is 0.409. The summed E-state index contributed by atoms with van der Waals surface area (Å²) in [4.78, 5) is 12.7. The molecule has 36 heavy (non-hydrogen) atoms. The summed E-state index contributed by atoms with van der Waals surface area (Å²) >= 11 is 0. The Hall–Kier alpha value is -2.67. The molecule has 1 heterocycles. The van der Waals surface area contributed by atoms with Crippen molar-refractivity contribution in [1.82, 2.24) is 13.9 Å². The number of carbonyl (C=O) groups is 1. The SMILES string of the molecule is COc1ccc(S(=O)(=O)N(C)C)cc1CCC(=O)NCCOc1ccc(S(=O)(=O)N2CCCC2)cc1. The van der Waals surface area contributed by atoms with Gasteiger partial charge in [-0.15, -0.1) is 0 Å². The minimum Gasteiger partial charge on any atom is -0.496 e. The Morgan fingerprint density at radius 3 is 2.25 bits per heavy atom. The van der Waals surface area contributed by atoms with Crippen molar-refractivity contribution in [3.05, 3.63) is 48.0 Å². The van der Waals surface area contributed by atoms with Crippen molar-refractivity contribution in [3.8, 4) is 11.5 Å². The van der Waals surface area contributed by atoms with E-state index in [4.69, 9.17) is 9.47 Å². The van der Waals surface area contributed by atoms with Crippen LogP contribution in [0.4, 0.5) is 0 Å². The van der Waals surface area contributed by atoms with Gasteiger partial charge in [0.2, 0.25) is 26.0 Å². The van der Waals surface area contributed by atoms with Crippen molar-refractivity contribution >= 4 is 26.0 Å². The molecule has 1 aliphatic rings. The lowest BCUT2D eigenvalue weighted by Crippen LogP contribution is -2.28. The van der Waals surface area contributed by atoms with Crippen molar-refractivity contribution in [2.45, 2.75) is 35.5 Å². The van der Waals surface area contributed by atoms with Gasteiger partial charge in [-0.05, 0) is 67.3 Å². The number of carbonyl (C=O) groups excluding carboxylic acids is 1. The first-order chi connectivity index (χ1) is 17.1. The molecule has 0 saturated carbocycles. The standard InChI is InChI=1S/C24H33N3O7S2/c1-26(2)35(29,30)22-11-12-23(33-3)19(18-22)6-13-24(28)25-14-17-34-20-7-9-21(10-8-20)36(31,32)27-15-4-5-16-27/h7-12,18H,4-6,13-17H2,1-3H3,(H,25,28). The molecule has 0 atom stereocenters. The second-order valence-corrected chi connectivity index (χ2v) is 12.6. The van der Waals surface area contributed by atoms with Crippen LogP contribution in [0.5, 0.6) is 11.5 Å². The van der Waals surface area contributed by atoms with Crippen molar-refractivity contribution < 1.29 is 31.1 Å². The Bertz CT molecular complexity index is 1260. The molecule has 0 aliphatic carbocycles. The van der Waals surface area contributed by atoms with Gasteiger partial charge in [-0.3, -0.25) is 4.79 Å². The zero-order valence-corrected chi connectivity index (χ0v) is 22.4. The van der Waals surface area contributed by atoms with Crippen LogP contribution in [0.3, 0.4) is 0 Å². The van der Waals surface area contributed by atoms with Gasteiger partial charge in [-0.2, -0.15) is 4.31 Å². The van der Waals surface area contributed by atoms with Crippen LogP contribution in [0, 0.1) is 0 Å². The number of methoxy groups -OCH3 is 1. The van der Waals surface area contributed by atoms with Gasteiger partial charge in [0.1, 0.15) is 18.1 Å². The predicted octanol–water partition coefficient (Wildman–Crippen LogP) is 1.86. The summed E-state index contributed by atoms with van der Waals surface area (Å²) in [7, 11) is -2.66. The number of hydrogen-bond donors (Lipinski definition) is 1. The number of nitrogens with zero attached hydrogens (tertiary/aromatic N) is 2. The summed E-state index contributed by atoms with van der Waals surface area (Å²) in [5.74, 6) is 0.806. The maximum Gasteiger partial charge on any atom is 0.243 e. The number of ether oxygens (including phenoxy) is 2. The van der Waals surface area contributed by atoms with E-state index in [9.17, 15) is 21.6 Å². The van der Waals surface area contributed by atoms with Gasteiger partial charge >= 0.3 is 0 Å². The molecule has 0 spiro atoms. The fraction of sp³-hybridized carbons (Fsp3) is 0.458. The van der Waals surface area contributed by atoms with Crippen LogP contribution in [0.25, 0.3) is 0 Å². The van der Waals surface area contributed by atoms with E-state index in [1.54, 1.807) is 18.2 Å². The monoisotopic (exact) mass is 539 g/mol. The Kier molecular flexibility index (Phi) is 9.34. The third-order valence-corrected chi connectivity index (χ3v) is 9.60. The average Bonchev–Trinajstić information content (AvgIpc) is 3.41. The zero-order chi connectivity index (χ0) is 26.3. The minimum absolute atomic E-state index is 0.136. The van der Waals surface area contributed by atoms with Crippen molar-refractivity contribution in [2.24, 2.45) is 0 Å². The molecule has 1 saturated heterocycles. The van der Waals surface area contributed by atoms with Gasteiger partial charge in [-0.1, -0.05) is 0 Å². The zero-order valence-electron chi connectivity index (χ0n) is 20.8. The molecule has 198 valence electrons. The fourth-order valence-corrected chi connectivity index (χ4v) is 6.27. The first-order valence-electron chi connectivity index (χ1n) is 11.6. The Balaban J connectivity index is 1.47. The second-order valence-electron chi connectivity index (χ2n) is 8.54. The second kappa shape index (κ2) is 12.0. The highest BCUT2D eigenvalue weighted by molar-refractivity contribution is 7.89. The molecule has 12 heteroatoms. The van der Waals surface area contributed by atoms with Gasteiger partial charge in [0.25, 0.3) is 0 Å². The normalized spacial score (nSPS) is 14.7. The maximum atomic E-state index is 12.6. The Labute approximate surface area is 213 Å². The summed E-state index contributed by atoms with van der Waals surface area (Å²) in [6.45, 7) is 1.57. The molecule has 0 bridgehead atoms. The molecule has 0 unspecified atom stereocenters. The van der Waals surface area contributed by atoms with E-state index < -0.39 is 20.0 Å². The van der Waals surface area contributed by atoms with Gasteiger partial charge in [-0.25, -0.2) is 21.1 Å². The molecule has 2 aromatic carbocycles. The van der Waals surface area contributed by atoms with Crippen LogP contribution >= 0.6 is 0 Å². The van der Waals surface area contributed by atoms with Crippen molar-refractivity contribution in [2.75, 3.05) is 47.4 Å². The maximum absolute atomic E-state index is 12.6. The van der Waals surface area contributed by atoms with Crippen LogP contribution in [-0.4, -0.2) is 78.8 Å². The van der Waals surface area contributed by atoms with E-state index in [0.717, 1.165) is 17.1 Å². The first kappa shape index (κ1) is 27.9. The third kappa shape index (κ3) is 6.75. The highest BCUT2D eigenvalue weighted by Crippen LogP contribution is 2.25. The molecule has 3 rings (SSSR count). The predicted molar refractivity (Wildman–Crippen MR) is 135 cm³/mol. The number of aryl methyl sites for hydroxylation is 1. The number of amides is 1. The molecule has 10 nitrogen and oxygen atoms in total. The fourth-order valence-electron chi connectivity index (χ4n) is 3.80. The van der Waals surface area contributed by atoms with Gasteiger partial charge in [0.15, 0.2) is 0 Å². The first-order valence-corrected chi connectivity index (χ1v) is 14.5. The summed E-state index contributed by atoms with van der Waals surface area (Å²) in [6.07, 6.45) is 2.21. The van der Waals surface area contributed by atoms with Crippen LogP contribution < -0.4 is 14.8 Å². The molecular formula is C24H33N3O7S2. The van der Waals surface area contributed by atoms with Crippen molar-refractivity contribution in [1.29, 1.82) is 0 Å². The number of sulfonamides is 2. The van der Waals surface area contributed by atoms with E-state index >= 15 is 0 Å². The molecule has 1 fully saturated rings. The Morgan fingerprint density at radius 1 is 1.00 bits per heavy atom. The highest BCUT2D eigenvalue weighted by Gasteiger charge is 2.27. The number of hydrogen-bond acceptors (Lipinski definition) is 7. The summed E-state index contributed by atoms with van der Waals surface area (Å²) in [5, 5.41) is 2.76. The molecule has 1 N–H and O–H groups in total. The summed E-state index contributed by atoms with van der Waals surface area (Å²) in [6, 6.07) is 10.8. The highest BCUT2D eigenvalue weighted by atomic mass is 32.2. The lowest BCUT2D eigenvalue weighted by atomic mass is 10.1. The largest absolute Gasteiger partial charge is 0.496 e. The molecule has 1 aliphatic heterocycles. The molecule has 2 aromatic rings. The molecular weight excluding hydrogens is 506 g/mol. The molecule has 0 radical (unpaired) electrons. The van der Waals surface area contributed by atoms with Gasteiger partial charge < -0.3 is 14.8 Å². The molecule has 1 amide bonds. The summed E-state index contributed by atoms with van der Waals surface area (Å²) < 4.78 is 63.5. The topological polar surface area (TPSA) is 122 Å². The van der Waals surface area contributed by atoms with Crippen LogP contribution in [-0.2, 0) is 31.3 Å². The lowest BCUT2D eigenvalue weighted by Gasteiger charge is -2.15. The average molecular weight is 540 g/mol. The Morgan fingerprint density at radius 2 is 1.64 bits per heavy atom. The third-order valence-electron chi connectivity index (χ3n) is 5.87. The number of benzene rings is 2. The van der Waals surface area contributed by atoms with Crippen LogP contribution in [0.15, 0.2) is 52.3 Å².